The van der Waals surface area contributed by atoms with E-state index >= 15 is 0 Å². The molecular weight excluding hydrogens is 283 g/mol. The van der Waals surface area contributed by atoms with Crippen LogP contribution in [0.1, 0.15) is 0 Å². The normalized spacial score (nSPS) is 10.4. The second-order valence-corrected chi connectivity index (χ2v) is 5.15. The fourth-order valence-electron chi connectivity index (χ4n) is 1.74. The van der Waals surface area contributed by atoms with E-state index in [0.29, 0.717) is 5.75 Å². The first kappa shape index (κ1) is 15.2. The van der Waals surface area contributed by atoms with Crippen LogP contribution in [0.25, 0.3) is 10.8 Å². The second-order valence-electron chi connectivity index (χ2n) is 4.16. The number of hydrogen-bond donors (Lipinski definition) is 0. The summed E-state index contributed by atoms with van der Waals surface area (Å²) in [6, 6.07) is 25.6. The minimum Gasteiger partial charge on any atom is -0.229 e. The number of fused-ring (bicyclic) bond motifs is 1. The molecule has 3 nitrogen and oxygen atoms in total. The summed E-state index contributed by atoms with van der Waals surface area (Å²) < 4.78 is 20.0. The van der Waals surface area contributed by atoms with Crippen LogP contribution in [0.15, 0.2) is 78.9 Å². The summed E-state index contributed by atoms with van der Waals surface area (Å²) >= 11 is 0. The van der Waals surface area contributed by atoms with Crippen molar-refractivity contribution < 1.29 is 13.6 Å². The minimum atomic E-state index is -2.00. The van der Waals surface area contributed by atoms with E-state index in [4.69, 9.17) is 4.52 Å². The highest BCUT2D eigenvalue weighted by Crippen LogP contribution is 2.25. The average Bonchev–Trinajstić information content (AvgIpc) is 2.56. The lowest BCUT2D eigenvalue weighted by Crippen LogP contribution is -1.80. The smallest absolute Gasteiger partial charge is 0.229 e. The van der Waals surface area contributed by atoms with E-state index in [1.807, 2.05) is 6.07 Å². The summed E-state index contributed by atoms with van der Waals surface area (Å²) in [7, 11) is -0.670. The van der Waals surface area contributed by atoms with E-state index in [0.717, 1.165) is 0 Å². The molecule has 0 saturated carbocycles. The van der Waals surface area contributed by atoms with Gasteiger partial charge in [-0.05, 0) is 22.9 Å². The molecule has 3 rings (SSSR count). The molecule has 0 spiro atoms. The van der Waals surface area contributed by atoms with Crippen LogP contribution >= 0.6 is 8.25 Å². The van der Waals surface area contributed by atoms with Crippen LogP contribution in [-0.4, -0.2) is 7.11 Å². The number of hydrogen-bond acceptors (Lipinski definition) is 3. The Hall–Kier alpha value is -2.22. The van der Waals surface area contributed by atoms with Gasteiger partial charge in [0.2, 0.25) is 0 Å². The van der Waals surface area contributed by atoms with Crippen molar-refractivity contribution in [2.24, 2.45) is 0 Å². The van der Waals surface area contributed by atoms with Crippen molar-refractivity contribution in [2.45, 2.75) is 0 Å². The third kappa shape index (κ3) is 4.99. The zero-order chi connectivity index (χ0) is 14.9. The molecule has 4 heteroatoms. The molecule has 3 aromatic carbocycles. The van der Waals surface area contributed by atoms with E-state index in [9.17, 15) is 4.57 Å². The van der Waals surface area contributed by atoms with E-state index < -0.39 is 8.25 Å². The van der Waals surface area contributed by atoms with E-state index in [1.165, 1.54) is 17.9 Å². The largest absolute Gasteiger partial charge is 0.749 e. The van der Waals surface area contributed by atoms with Crippen molar-refractivity contribution in [1.29, 1.82) is 0 Å². The molecule has 106 valence electrons. The summed E-state index contributed by atoms with van der Waals surface area (Å²) in [6.07, 6.45) is 0. The van der Waals surface area contributed by atoms with E-state index in [1.54, 1.807) is 24.3 Å². The predicted octanol–water partition coefficient (Wildman–Crippen LogP) is 5.21. The average molecular weight is 299 g/mol. The molecule has 0 aliphatic carbocycles. The highest BCUT2D eigenvalue weighted by atomic mass is 31.1. The molecule has 0 N–H and O–H groups in total. The van der Waals surface area contributed by atoms with Gasteiger partial charge in [-0.1, -0.05) is 66.7 Å². The van der Waals surface area contributed by atoms with Crippen LogP contribution in [0, 0.1) is 0 Å². The molecule has 3 aromatic rings. The lowest BCUT2D eigenvalue weighted by atomic mass is 10.1. The van der Waals surface area contributed by atoms with Gasteiger partial charge in [0.1, 0.15) is 0 Å². The highest BCUT2D eigenvalue weighted by Gasteiger charge is 2.17. The molecular formula is C17H16O3P+. The van der Waals surface area contributed by atoms with Crippen LogP contribution < -0.4 is 4.52 Å². The SMILES string of the molecule is CO[P+](=O)Oc1ccccc1.c1ccc2ccccc2c1. The molecule has 0 saturated heterocycles. The molecule has 1 atom stereocenters. The van der Waals surface area contributed by atoms with Gasteiger partial charge in [-0.15, -0.1) is 4.52 Å². The lowest BCUT2D eigenvalue weighted by molar-refractivity contribution is 0.349. The molecule has 21 heavy (non-hydrogen) atoms. The topological polar surface area (TPSA) is 35.5 Å². The molecule has 0 bridgehead atoms. The van der Waals surface area contributed by atoms with Gasteiger partial charge in [0, 0.05) is 4.57 Å². The standard InChI is InChI=1S/C10H8.C7H8O3P/c1-2-6-10-8-4-3-7-9(10)5-1;1-9-11(8)10-7-5-3-2-4-6-7/h1-8H;2-6H,1H3/q;+1. The Morgan fingerprint density at radius 1 is 0.714 bits per heavy atom. The Morgan fingerprint density at radius 2 is 1.14 bits per heavy atom. The second kappa shape index (κ2) is 8.15. The Labute approximate surface area is 125 Å². The molecule has 1 unspecified atom stereocenters. The highest BCUT2D eigenvalue weighted by molar-refractivity contribution is 7.33. The maximum Gasteiger partial charge on any atom is 0.749 e. The van der Waals surface area contributed by atoms with Crippen molar-refractivity contribution in [2.75, 3.05) is 7.11 Å². The Morgan fingerprint density at radius 3 is 1.57 bits per heavy atom. The molecule has 0 aliphatic rings. The van der Waals surface area contributed by atoms with Crippen molar-refractivity contribution >= 4 is 19.0 Å². The number of benzene rings is 3. The molecule has 0 heterocycles. The summed E-state index contributed by atoms with van der Waals surface area (Å²) in [4.78, 5) is 0. The van der Waals surface area contributed by atoms with Crippen LogP contribution in [0.2, 0.25) is 0 Å². The zero-order valence-electron chi connectivity index (χ0n) is 11.7. The van der Waals surface area contributed by atoms with Crippen molar-refractivity contribution in [1.82, 2.24) is 0 Å². The predicted molar refractivity (Wildman–Crippen MR) is 85.6 cm³/mol. The van der Waals surface area contributed by atoms with Gasteiger partial charge >= 0.3 is 8.25 Å². The van der Waals surface area contributed by atoms with Gasteiger partial charge in [0.25, 0.3) is 0 Å². The first-order chi connectivity index (χ1) is 10.3. The van der Waals surface area contributed by atoms with Crippen LogP contribution in [0.4, 0.5) is 0 Å². The van der Waals surface area contributed by atoms with Crippen molar-refractivity contribution in [3.8, 4) is 5.75 Å². The van der Waals surface area contributed by atoms with Gasteiger partial charge < -0.3 is 0 Å². The summed E-state index contributed by atoms with van der Waals surface area (Å²) in [5.41, 5.74) is 0. The van der Waals surface area contributed by atoms with Gasteiger partial charge in [-0.25, -0.2) is 4.52 Å². The fourth-order valence-corrected chi connectivity index (χ4v) is 2.11. The maximum atomic E-state index is 10.7. The zero-order valence-corrected chi connectivity index (χ0v) is 12.6. The van der Waals surface area contributed by atoms with Crippen LogP contribution in [-0.2, 0) is 9.09 Å². The first-order valence-electron chi connectivity index (χ1n) is 6.48. The van der Waals surface area contributed by atoms with Gasteiger partial charge in [-0.3, -0.25) is 0 Å². The van der Waals surface area contributed by atoms with Crippen LogP contribution in [0.3, 0.4) is 0 Å². The van der Waals surface area contributed by atoms with Crippen molar-refractivity contribution in [3.63, 3.8) is 0 Å². The quantitative estimate of drug-likeness (QED) is 0.623. The first-order valence-corrected chi connectivity index (χ1v) is 7.57. The Bertz CT molecular complexity index is 633. The van der Waals surface area contributed by atoms with Gasteiger partial charge in [0.05, 0.1) is 7.11 Å². The monoisotopic (exact) mass is 299 g/mol. The number of rotatable bonds is 3. The third-order valence-electron chi connectivity index (χ3n) is 2.73. The third-order valence-corrected chi connectivity index (χ3v) is 3.39. The molecule has 0 fully saturated rings. The summed E-state index contributed by atoms with van der Waals surface area (Å²) in [6.45, 7) is 0. The molecule has 0 aromatic heterocycles. The van der Waals surface area contributed by atoms with E-state index in [-0.39, 0.29) is 0 Å². The molecule has 0 radical (unpaired) electrons. The lowest BCUT2D eigenvalue weighted by Gasteiger charge is -1.92. The molecule has 0 amide bonds. The summed E-state index contributed by atoms with van der Waals surface area (Å²) in [5, 5.41) is 2.62. The Balaban J connectivity index is 0.000000154. The number of para-hydroxylation sites is 1. The van der Waals surface area contributed by atoms with E-state index in [2.05, 4.69) is 53.1 Å². The van der Waals surface area contributed by atoms with Crippen LogP contribution in [0.5, 0.6) is 5.75 Å². The van der Waals surface area contributed by atoms with Gasteiger partial charge in [0.15, 0.2) is 5.75 Å². The van der Waals surface area contributed by atoms with Gasteiger partial charge in [-0.2, -0.15) is 0 Å². The van der Waals surface area contributed by atoms with Crippen molar-refractivity contribution in [3.05, 3.63) is 78.9 Å². The fraction of sp³-hybridized carbons (Fsp3) is 0.0588. The summed E-state index contributed by atoms with van der Waals surface area (Å²) in [5.74, 6) is 0.551. The minimum absolute atomic E-state index is 0.551. The molecule has 0 aliphatic heterocycles. The Kier molecular flexibility index (Phi) is 5.89. The maximum absolute atomic E-state index is 10.7.